The maximum atomic E-state index is 12.6. The van der Waals surface area contributed by atoms with Crippen LogP contribution in [0.1, 0.15) is 19.0 Å². The number of ether oxygens (including phenoxy) is 1. The number of nitrogens with zero attached hydrogens (tertiary/aromatic N) is 4. The summed E-state index contributed by atoms with van der Waals surface area (Å²) in [4.78, 5) is 38.2. The lowest BCUT2D eigenvalue weighted by Crippen LogP contribution is -2.15. The summed E-state index contributed by atoms with van der Waals surface area (Å²) >= 11 is 1.29. The molecule has 0 unspecified atom stereocenters. The highest BCUT2D eigenvalue weighted by Crippen LogP contribution is 2.28. The Morgan fingerprint density at radius 2 is 1.79 bits per heavy atom. The van der Waals surface area contributed by atoms with E-state index < -0.39 is 0 Å². The Hall–Kier alpha value is -3.85. The topological polar surface area (TPSA) is 99.0 Å². The zero-order valence-electron chi connectivity index (χ0n) is 17.9. The second kappa shape index (κ2) is 8.95. The van der Waals surface area contributed by atoms with E-state index in [1.807, 2.05) is 53.1 Å². The lowest BCUT2D eigenvalue weighted by Gasteiger charge is -2.07. The number of aromatic nitrogens is 4. The Kier molecular flexibility index (Phi) is 5.70. The van der Waals surface area contributed by atoms with Crippen LogP contribution in [0.25, 0.3) is 33.1 Å². The predicted molar refractivity (Wildman–Crippen MR) is 128 cm³/mol. The zero-order chi connectivity index (χ0) is 22.8. The minimum absolute atomic E-state index is 0.0915. The number of para-hydroxylation sites is 3. The van der Waals surface area contributed by atoms with E-state index in [4.69, 9.17) is 14.7 Å². The van der Waals surface area contributed by atoms with E-state index in [9.17, 15) is 9.59 Å². The fourth-order valence-electron chi connectivity index (χ4n) is 3.81. The molecule has 0 saturated carbocycles. The molecule has 0 spiro atoms. The largest absolute Gasteiger partial charge is 0.466 e. The Labute approximate surface area is 193 Å². The molecule has 5 aromatic rings. The van der Waals surface area contributed by atoms with Gasteiger partial charge in [0.15, 0.2) is 10.8 Å². The van der Waals surface area contributed by atoms with Gasteiger partial charge in [0.25, 0.3) is 0 Å². The number of benzene rings is 2. The quantitative estimate of drug-likeness (QED) is 0.364. The molecule has 3 heterocycles. The van der Waals surface area contributed by atoms with Crippen LogP contribution in [0.2, 0.25) is 0 Å². The highest BCUT2D eigenvalue weighted by atomic mass is 32.1. The molecule has 0 aliphatic heterocycles. The van der Waals surface area contributed by atoms with Gasteiger partial charge in [0.2, 0.25) is 5.91 Å². The lowest BCUT2D eigenvalue weighted by molar-refractivity contribution is -0.142. The van der Waals surface area contributed by atoms with Crippen molar-refractivity contribution in [3.63, 3.8) is 0 Å². The number of rotatable bonds is 7. The summed E-state index contributed by atoms with van der Waals surface area (Å²) in [7, 11) is 0. The fourth-order valence-corrected chi connectivity index (χ4v) is 4.54. The summed E-state index contributed by atoms with van der Waals surface area (Å²) in [6.45, 7) is 2.54. The minimum atomic E-state index is -0.333. The SMILES string of the molecule is CCOC(=O)Cc1csc(NC(=O)CCn2c3ccccc3c3nc4ccccc4nc32)n1. The summed E-state index contributed by atoms with van der Waals surface area (Å²) in [6.07, 6.45) is 0.337. The molecule has 33 heavy (non-hydrogen) atoms. The summed E-state index contributed by atoms with van der Waals surface area (Å²) in [6, 6.07) is 15.8. The number of hydrogen-bond donors (Lipinski definition) is 1. The summed E-state index contributed by atoms with van der Waals surface area (Å²) in [5.41, 5.74) is 4.81. The molecule has 0 atom stereocenters. The van der Waals surface area contributed by atoms with Crippen molar-refractivity contribution >= 4 is 61.4 Å². The van der Waals surface area contributed by atoms with Crippen molar-refractivity contribution in [1.82, 2.24) is 19.5 Å². The van der Waals surface area contributed by atoms with E-state index >= 15 is 0 Å². The highest BCUT2D eigenvalue weighted by molar-refractivity contribution is 7.13. The molecule has 8 nitrogen and oxygen atoms in total. The third kappa shape index (κ3) is 4.27. The number of carbonyl (C=O) groups is 2. The van der Waals surface area contributed by atoms with Crippen molar-refractivity contribution in [3.05, 3.63) is 59.6 Å². The molecular weight excluding hydrogens is 438 g/mol. The molecule has 3 aromatic heterocycles. The Morgan fingerprint density at radius 3 is 2.61 bits per heavy atom. The normalized spacial score (nSPS) is 11.3. The number of aryl methyl sites for hydroxylation is 1. The van der Waals surface area contributed by atoms with Crippen LogP contribution in [-0.2, 0) is 27.3 Å². The van der Waals surface area contributed by atoms with Gasteiger partial charge in [-0.25, -0.2) is 15.0 Å². The number of amides is 1. The molecule has 0 fully saturated rings. The first-order chi connectivity index (χ1) is 16.1. The first-order valence-corrected chi connectivity index (χ1v) is 11.5. The molecule has 1 N–H and O–H groups in total. The highest BCUT2D eigenvalue weighted by Gasteiger charge is 2.16. The zero-order valence-corrected chi connectivity index (χ0v) is 18.8. The molecule has 166 valence electrons. The number of carbonyl (C=O) groups excluding carboxylic acids is 2. The Balaban J connectivity index is 1.36. The van der Waals surface area contributed by atoms with E-state index in [1.165, 1.54) is 11.3 Å². The van der Waals surface area contributed by atoms with Crippen molar-refractivity contribution in [2.45, 2.75) is 26.3 Å². The van der Waals surface area contributed by atoms with Gasteiger partial charge in [-0.05, 0) is 25.1 Å². The van der Waals surface area contributed by atoms with Crippen LogP contribution in [0, 0.1) is 0 Å². The second-order valence-electron chi connectivity index (χ2n) is 7.48. The fraction of sp³-hybridized carbons (Fsp3) is 0.208. The van der Waals surface area contributed by atoms with Crippen molar-refractivity contribution in [2.24, 2.45) is 0 Å². The Bertz CT molecular complexity index is 1490. The van der Waals surface area contributed by atoms with Crippen LogP contribution in [0.5, 0.6) is 0 Å². The van der Waals surface area contributed by atoms with Gasteiger partial charge in [0.05, 0.1) is 35.3 Å². The van der Waals surface area contributed by atoms with Gasteiger partial charge < -0.3 is 14.6 Å². The van der Waals surface area contributed by atoms with Crippen molar-refractivity contribution in [3.8, 4) is 0 Å². The monoisotopic (exact) mass is 459 g/mol. The maximum Gasteiger partial charge on any atom is 0.311 e. The number of esters is 1. The third-order valence-corrected chi connectivity index (χ3v) is 6.06. The summed E-state index contributed by atoms with van der Waals surface area (Å²) in [5.74, 6) is -0.493. The molecule has 0 aliphatic carbocycles. The van der Waals surface area contributed by atoms with Crippen LogP contribution in [0.3, 0.4) is 0 Å². The average molecular weight is 460 g/mol. The maximum absolute atomic E-state index is 12.6. The van der Waals surface area contributed by atoms with Crippen LogP contribution in [0.4, 0.5) is 5.13 Å². The van der Waals surface area contributed by atoms with Crippen LogP contribution in [-0.4, -0.2) is 38.0 Å². The van der Waals surface area contributed by atoms with Gasteiger partial charge in [0.1, 0.15) is 5.52 Å². The van der Waals surface area contributed by atoms with Gasteiger partial charge >= 0.3 is 5.97 Å². The molecule has 2 aromatic carbocycles. The van der Waals surface area contributed by atoms with Gasteiger partial charge in [0, 0.05) is 23.7 Å². The van der Waals surface area contributed by atoms with E-state index in [-0.39, 0.29) is 24.7 Å². The molecule has 1 amide bonds. The first kappa shape index (κ1) is 21.0. The van der Waals surface area contributed by atoms with Crippen molar-refractivity contribution < 1.29 is 14.3 Å². The number of hydrogen-bond acceptors (Lipinski definition) is 7. The van der Waals surface area contributed by atoms with Crippen LogP contribution < -0.4 is 5.32 Å². The smallest absolute Gasteiger partial charge is 0.311 e. The molecule has 9 heteroatoms. The van der Waals surface area contributed by atoms with Gasteiger partial charge in [-0.1, -0.05) is 30.3 Å². The lowest BCUT2D eigenvalue weighted by atomic mass is 10.2. The van der Waals surface area contributed by atoms with E-state index in [1.54, 1.807) is 12.3 Å². The van der Waals surface area contributed by atoms with Crippen molar-refractivity contribution in [1.29, 1.82) is 0 Å². The van der Waals surface area contributed by atoms with Crippen molar-refractivity contribution in [2.75, 3.05) is 11.9 Å². The number of thiazole rings is 1. The van der Waals surface area contributed by atoms with E-state index in [0.29, 0.717) is 24.0 Å². The Morgan fingerprint density at radius 1 is 1.03 bits per heavy atom. The van der Waals surface area contributed by atoms with Gasteiger partial charge in [-0.3, -0.25) is 9.59 Å². The molecule has 0 saturated heterocycles. The summed E-state index contributed by atoms with van der Waals surface area (Å²) < 4.78 is 6.98. The summed E-state index contributed by atoms with van der Waals surface area (Å²) in [5, 5.41) is 6.05. The average Bonchev–Trinajstić information content (AvgIpc) is 3.37. The number of anilines is 1. The third-order valence-electron chi connectivity index (χ3n) is 5.25. The van der Waals surface area contributed by atoms with E-state index in [0.717, 1.165) is 33.1 Å². The molecule has 0 radical (unpaired) electrons. The first-order valence-electron chi connectivity index (χ1n) is 10.7. The number of nitrogens with one attached hydrogen (secondary N) is 1. The predicted octanol–water partition coefficient (Wildman–Crippen LogP) is 4.33. The van der Waals surface area contributed by atoms with Crippen LogP contribution >= 0.6 is 11.3 Å². The number of fused-ring (bicyclic) bond motifs is 4. The molecule has 0 bridgehead atoms. The molecule has 0 aliphatic rings. The van der Waals surface area contributed by atoms with Crippen LogP contribution in [0.15, 0.2) is 53.9 Å². The molecular formula is C24H21N5O3S. The second-order valence-corrected chi connectivity index (χ2v) is 8.34. The van der Waals surface area contributed by atoms with E-state index in [2.05, 4.69) is 10.3 Å². The molecule has 5 rings (SSSR count). The van der Waals surface area contributed by atoms with Gasteiger partial charge in [-0.15, -0.1) is 11.3 Å². The van der Waals surface area contributed by atoms with Gasteiger partial charge in [-0.2, -0.15) is 0 Å². The minimum Gasteiger partial charge on any atom is -0.466 e. The standard InChI is InChI=1S/C24H21N5O3S/c1-2-32-21(31)13-15-14-33-24(25-15)28-20(30)11-12-29-19-10-6-3-7-16(19)22-23(29)27-18-9-5-4-8-17(18)26-22/h3-10,14H,2,11-13H2,1H3,(H,25,28,30).